The second-order valence-electron chi connectivity index (χ2n) is 5.57. The zero-order chi connectivity index (χ0) is 19.6. The van der Waals surface area contributed by atoms with Crippen LogP contribution in [0.5, 0.6) is 0 Å². The van der Waals surface area contributed by atoms with Gasteiger partial charge in [-0.3, -0.25) is 4.79 Å². The largest absolute Gasteiger partial charge is 0.478 e. The molecular weight excluding hydrogens is 454 g/mol. The summed E-state index contributed by atoms with van der Waals surface area (Å²) in [5, 5.41) is 15.9. The molecule has 3 N–H and O–H groups in total. The van der Waals surface area contributed by atoms with Crippen molar-refractivity contribution in [3.63, 3.8) is 0 Å². The Morgan fingerprint density at radius 1 is 1.26 bits per heavy atom. The van der Waals surface area contributed by atoms with Crippen molar-refractivity contribution >= 4 is 67.3 Å². The van der Waals surface area contributed by atoms with E-state index in [0.29, 0.717) is 30.9 Å². The van der Waals surface area contributed by atoms with E-state index >= 15 is 0 Å². The fourth-order valence-electron chi connectivity index (χ4n) is 2.31. The number of hydrogen-bond donors (Lipinski definition) is 3. The van der Waals surface area contributed by atoms with Crippen LogP contribution in [0.3, 0.4) is 0 Å². The number of aryl methyl sites for hydroxylation is 1. The Labute approximate surface area is 172 Å². The fourth-order valence-corrected chi connectivity index (χ4v) is 3.81. The molecule has 1 aromatic heterocycles. The van der Waals surface area contributed by atoms with E-state index in [9.17, 15) is 9.59 Å². The minimum Gasteiger partial charge on any atom is -0.478 e. The van der Waals surface area contributed by atoms with Crippen LogP contribution < -0.4 is 10.6 Å². The first-order chi connectivity index (χ1) is 12.8. The summed E-state index contributed by atoms with van der Waals surface area (Å²) in [4.78, 5) is 28.2. The van der Waals surface area contributed by atoms with Gasteiger partial charge in [0.25, 0.3) is 5.91 Å². The number of benzene rings is 2. The number of rotatable bonds is 5. The lowest BCUT2D eigenvalue weighted by Crippen LogP contribution is -2.11. The lowest BCUT2D eigenvalue weighted by Gasteiger charge is -2.08. The number of nitrogens with zero attached hydrogens (tertiary/aromatic N) is 1. The number of thiazole rings is 1. The molecule has 2 aromatic carbocycles. The number of carbonyl (C=O) groups excluding carboxylic acids is 1. The zero-order valence-electron chi connectivity index (χ0n) is 13.9. The molecule has 0 saturated carbocycles. The van der Waals surface area contributed by atoms with E-state index in [4.69, 9.17) is 16.7 Å². The molecule has 0 saturated heterocycles. The van der Waals surface area contributed by atoms with Crippen molar-refractivity contribution in [2.45, 2.75) is 6.92 Å². The summed E-state index contributed by atoms with van der Waals surface area (Å²) in [6.45, 7) is 1.86. The predicted molar refractivity (Wildman–Crippen MR) is 111 cm³/mol. The summed E-state index contributed by atoms with van der Waals surface area (Å²) >= 11 is 10.6. The third-order valence-corrected chi connectivity index (χ3v) is 5.27. The van der Waals surface area contributed by atoms with Crippen molar-refractivity contribution in [1.82, 2.24) is 4.98 Å². The smallest absolute Gasteiger partial charge is 0.335 e. The molecule has 9 heteroatoms. The molecule has 0 aliphatic carbocycles. The maximum atomic E-state index is 12.5. The van der Waals surface area contributed by atoms with Gasteiger partial charge in [-0.15, -0.1) is 0 Å². The van der Waals surface area contributed by atoms with E-state index in [1.165, 1.54) is 18.3 Å². The summed E-state index contributed by atoms with van der Waals surface area (Å²) in [7, 11) is 0. The Morgan fingerprint density at radius 2 is 2.04 bits per heavy atom. The maximum absolute atomic E-state index is 12.5. The third kappa shape index (κ3) is 4.65. The molecule has 0 radical (unpaired) electrons. The molecule has 0 spiro atoms. The molecule has 3 aromatic rings. The van der Waals surface area contributed by atoms with Gasteiger partial charge in [-0.25, -0.2) is 9.78 Å². The van der Waals surface area contributed by atoms with Crippen LogP contribution in [-0.2, 0) is 0 Å². The molecule has 1 amide bonds. The first-order valence-corrected chi connectivity index (χ1v) is 9.65. The van der Waals surface area contributed by atoms with Crippen LogP contribution in [0.25, 0.3) is 0 Å². The number of halogens is 2. The van der Waals surface area contributed by atoms with Crippen LogP contribution in [0.15, 0.2) is 47.1 Å². The lowest BCUT2D eigenvalue weighted by atomic mass is 10.2. The SMILES string of the molecule is Cc1cccc(Cl)c1NC(=O)c1cnc(Nc2cc(Br)cc(C(=O)O)c2)s1. The monoisotopic (exact) mass is 465 g/mol. The Hall–Kier alpha value is -2.42. The molecule has 27 heavy (non-hydrogen) atoms. The van der Waals surface area contributed by atoms with Crippen molar-refractivity contribution in [2.75, 3.05) is 10.6 Å². The van der Waals surface area contributed by atoms with Crippen LogP contribution in [0.2, 0.25) is 5.02 Å². The van der Waals surface area contributed by atoms with Gasteiger partial charge < -0.3 is 15.7 Å². The number of carbonyl (C=O) groups is 2. The Kier molecular flexibility index (Phi) is 5.79. The third-order valence-electron chi connectivity index (χ3n) is 3.59. The molecular formula is C18H13BrClN3O3S. The highest BCUT2D eigenvalue weighted by atomic mass is 79.9. The van der Waals surface area contributed by atoms with Crippen LogP contribution in [-0.4, -0.2) is 22.0 Å². The highest BCUT2D eigenvalue weighted by Gasteiger charge is 2.14. The van der Waals surface area contributed by atoms with E-state index in [0.717, 1.165) is 16.9 Å². The standard InChI is InChI=1S/C18H13BrClN3O3S/c1-9-3-2-4-13(20)15(9)23-16(24)14-8-21-18(27-14)22-12-6-10(17(25)26)5-11(19)7-12/h2-8H,1H3,(H,21,22)(H,23,24)(H,25,26). The van der Waals surface area contributed by atoms with Gasteiger partial charge in [0.2, 0.25) is 0 Å². The highest BCUT2D eigenvalue weighted by molar-refractivity contribution is 9.10. The summed E-state index contributed by atoms with van der Waals surface area (Å²) in [5.74, 6) is -1.36. The summed E-state index contributed by atoms with van der Waals surface area (Å²) < 4.78 is 0.619. The Bertz CT molecular complexity index is 1020. The van der Waals surface area contributed by atoms with E-state index in [2.05, 4.69) is 31.5 Å². The average molecular weight is 467 g/mol. The quantitative estimate of drug-likeness (QED) is 0.458. The lowest BCUT2D eigenvalue weighted by molar-refractivity contribution is 0.0696. The molecule has 0 unspecified atom stereocenters. The van der Waals surface area contributed by atoms with Crippen LogP contribution in [0, 0.1) is 6.92 Å². The van der Waals surface area contributed by atoms with Gasteiger partial charge in [0, 0.05) is 10.2 Å². The van der Waals surface area contributed by atoms with E-state index in [1.807, 2.05) is 19.1 Å². The van der Waals surface area contributed by atoms with E-state index in [1.54, 1.807) is 12.1 Å². The summed E-state index contributed by atoms with van der Waals surface area (Å²) in [6.07, 6.45) is 1.45. The van der Waals surface area contributed by atoms with Crippen molar-refractivity contribution in [1.29, 1.82) is 0 Å². The second-order valence-corrected chi connectivity index (χ2v) is 7.93. The molecule has 0 bridgehead atoms. The first kappa shape index (κ1) is 19.3. The number of anilines is 3. The molecule has 1 heterocycles. The van der Waals surface area contributed by atoms with Gasteiger partial charge in [-0.2, -0.15) is 0 Å². The van der Waals surface area contributed by atoms with E-state index in [-0.39, 0.29) is 11.5 Å². The van der Waals surface area contributed by atoms with Crippen molar-refractivity contribution in [2.24, 2.45) is 0 Å². The van der Waals surface area contributed by atoms with Gasteiger partial charge in [0.15, 0.2) is 5.13 Å². The minimum atomic E-state index is -1.03. The van der Waals surface area contributed by atoms with Crippen molar-refractivity contribution in [3.8, 4) is 0 Å². The zero-order valence-corrected chi connectivity index (χ0v) is 17.1. The Morgan fingerprint density at radius 3 is 2.74 bits per heavy atom. The number of carboxylic acids is 1. The average Bonchev–Trinajstić information content (AvgIpc) is 3.06. The molecule has 6 nitrogen and oxygen atoms in total. The van der Waals surface area contributed by atoms with Crippen LogP contribution in [0.4, 0.5) is 16.5 Å². The normalized spacial score (nSPS) is 10.5. The molecule has 0 aliphatic rings. The van der Waals surface area contributed by atoms with Crippen molar-refractivity contribution < 1.29 is 14.7 Å². The molecule has 0 fully saturated rings. The number of nitrogens with one attached hydrogen (secondary N) is 2. The minimum absolute atomic E-state index is 0.135. The fraction of sp³-hybridized carbons (Fsp3) is 0.0556. The van der Waals surface area contributed by atoms with E-state index < -0.39 is 5.97 Å². The summed E-state index contributed by atoms with van der Waals surface area (Å²) in [6, 6.07) is 10.1. The number of carboxylic acid groups (broad SMARTS) is 1. The highest BCUT2D eigenvalue weighted by Crippen LogP contribution is 2.29. The number of aromatic carboxylic acids is 1. The number of amides is 1. The maximum Gasteiger partial charge on any atom is 0.335 e. The van der Waals surface area contributed by atoms with Crippen LogP contribution in [0.1, 0.15) is 25.6 Å². The second kappa shape index (κ2) is 8.08. The van der Waals surface area contributed by atoms with Gasteiger partial charge >= 0.3 is 5.97 Å². The topological polar surface area (TPSA) is 91.3 Å². The van der Waals surface area contributed by atoms with Gasteiger partial charge in [-0.05, 0) is 36.8 Å². The first-order valence-electron chi connectivity index (χ1n) is 7.66. The Balaban J connectivity index is 1.77. The number of para-hydroxylation sites is 1. The molecule has 0 atom stereocenters. The summed E-state index contributed by atoms with van der Waals surface area (Å²) in [5.41, 5.74) is 2.10. The molecule has 138 valence electrons. The van der Waals surface area contributed by atoms with Gasteiger partial charge in [-0.1, -0.05) is 51.0 Å². The number of hydrogen-bond acceptors (Lipinski definition) is 5. The van der Waals surface area contributed by atoms with Crippen molar-refractivity contribution in [3.05, 3.63) is 68.1 Å². The van der Waals surface area contributed by atoms with Crippen LogP contribution >= 0.6 is 38.9 Å². The number of aromatic nitrogens is 1. The van der Waals surface area contributed by atoms with Gasteiger partial charge in [0.1, 0.15) is 4.88 Å². The predicted octanol–water partition coefficient (Wildman–Crippen LogP) is 5.56. The molecule has 3 rings (SSSR count). The van der Waals surface area contributed by atoms with Gasteiger partial charge in [0.05, 0.1) is 22.5 Å². The molecule has 0 aliphatic heterocycles.